The summed E-state index contributed by atoms with van der Waals surface area (Å²) in [7, 11) is 3.43. The molecule has 4 aromatic carbocycles. The Labute approximate surface area is 313 Å². The quantitative estimate of drug-likeness (QED) is 0.145. The molecule has 10 heteroatoms. The third-order valence-corrected chi connectivity index (χ3v) is 9.44. The third kappa shape index (κ3) is 8.47. The van der Waals surface area contributed by atoms with Crippen LogP contribution in [-0.2, 0) is 40.3 Å². The van der Waals surface area contributed by atoms with E-state index in [1.165, 1.54) is 20.3 Å². The number of aryl methyl sites for hydroxylation is 2. The Balaban J connectivity index is 0.000000167. The summed E-state index contributed by atoms with van der Waals surface area (Å²) in [5, 5.41) is 3.44. The smallest absolute Gasteiger partial charge is 0.408 e. The first kappa shape index (κ1) is 36.0. The van der Waals surface area contributed by atoms with Gasteiger partial charge in [0.15, 0.2) is 11.2 Å². The number of aromatic nitrogens is 4. The van der Waals surface area contributed by atoms with Gasteiger partial charge in [-0.15, -0.1) is 0 Å². The van der Waals surface area contributed by atoms with Crippen molar-refractivity contribution in [1.82, 2.24) is 29.3 Å². The molecule has 0 atom stereocenters. The number of pyridine rings is 2. The van der Waals surface area contributed by atoms with Crippen molar-refractivity contribution >= 4 is 22.2 Å². The van der Waals surface area contributed by atoms with Crippen molar-refractivity contribution in [2.75, 3.05) is 6.54 Å². The molecule has 0 spiro atoms. The van der Waals surface area contributed by atoms with E-state index in [4.69, 9.17) is 8.83 Å². The van der Waals surface area contributed by atoms with Gasteiger partial charge in [-0.25, -0.2) is 9.59 Å². The molecule has 0 amide bonds. The molecule has 0 saturated heterocycles. The SMILES string of the molecule is CCN(Cc1ccccc1)Cc1cncc(-c2ccc3oc(=O)n(C)c3c2)c1.Cn1c(=O)oc2ccc(-c3cncc(CNCc4ccccc4)c3)cc21. The number of oxazole rings is 2. The largest absolute Gasteiger partial charge is 0.419 e. The number of nitrogens with zero attached hydrogens (tertiary/aromatic N) is 5. The molecular formula is C44H42N6O4. The van der Waals surface area contributed by atoms with Gasteiger partial charge in [-0.2, -0.15) is 0 Å². The van der Waals surface area contributed by atoms with E-state index in [-0.39, 0.29) is 11.5 Å². The van der Waals surface area contributed by atoms with Gasteiger partial charge in [-0.1, -0.05) is 79.7 Å². The minimum atomic E-state index is -0.353. The molecule has 0 radical (unpaired) electrons. The Hall–Kier alpha value is -6.36. The molecular weight excluding hydrogens is 677 g/mol. The predicted octanol–water partition coefficient (Wildman–Crippen LogP) is 7.70. The Morgan fingerprint density at radius 1 is 0.556 bits per heavy atom. The molecule has 0 aliphatic carbocycles. The number of hydrogen-bond donors (Lipinski definition) is 1. The summed E-state index contributed by atoms with van der Waals surface area (Å²) in [6.45, 7) is 6.43. The van der Waals surface area contributed by atoms with E-state index in [2.05, 4.69) is 75.6 Å². The Kier molecular flexibility index (Phi) is 11.0. The van der Waals surface area contributed by atoms with Crippen LogP contribution in [0, 0.1) is 0 Å². The van der Waals surface area contributed by atoms with E-state index in [0.717, 1.165) is 77.1 Å². The highest BCUT2D eigenvalue weighted by molar-refractivity contribution is 5.81. The van der Waals surface area contributed by atoms with Crippen molar-refractivity contribution in [3.8, 4) is 22.3 Å². The lowest BCUT2D eigenvalue weighted by atomic mass is 10.1. The summed E-state index contributed by atoms with van der Waals surface area (Å²) in [5.41, 5.74) is 11.7. The van der Waals surface area contributed by atoms with Crippen molar-refractivity contribution in [3.63, 3.8) is 0 Å². The van der Waals surface area contributed by atoms with Gasteiger partial charge in [0.1, 0.15) is 0 Å². The summed E-state index contributed by atoms with van der Waals surface area (Å²) < 4.78 is 13.4. The second-order valence-electron chi connectivity index (χ2n) is 13.3. The van der Waals surface area contributed by atoms with Crippen LogP contribution in [-0.4, -0.2) is 30.5 Å². The maximum atomic E-state index is 11.7. The average Bonchev–Trinajstić information content (AvgIpc) is 3.66. The highest BCUT2D eigenvalue weighted by atomic mass is 16.4. The van der Waals surface area contributed by atoms with Crippen LogP contribution >= 0.6 is 0 Å². The zero-order valence-corrected chi connectivity index (χ0v) is 30.6. The monoisotopic (exact) mass is 718 g/mol. The first-order valence-electron chi connectivity index (χ1n) is 17.9. The molecule has 4 heterocycles. The number of fused-ring (bicyclic) bond motifs is 2. The minimum absolute atomic E-state index is 0.349. The zero-order chi connectivity index (χ0) is 37.4. The molecule has 0 bridgehead atoms. The Bertz CT molecular complexity index is 2610. The van der Waals surface area contributed by atoms with E-state index in [1.807, 2.05) is 85.5 Å². The van der Waals surface area contributed by atoms with E-state index in [1.54, 1.807) is 14.1 Å². The van der Waals surface area contributed by atoms with Crippen LogP contribution in [0.1, 0.15) is 29.2 Å². The van der Waals surface area contributed by atoms with E-state index >= 15 is 0 Å². The second kappa shape index (κ2) is 16.5. The predicted molar refractivity (Wildman–Crippen MR) is 213 cm³/mol. The van der Waals surface area contributed by atoms with Crippen LogP contribution in [0.3, 0.4) is 0 Å². The number of rotatable bonds is 11. The molecule has 0 aliphatic heterocycles. The molecule has 4 aromatic heterocycles. The maximum Gasteiger partial charge on any atom is 0.419 e. The van der Waals surface area contributed by atoms with Crippen LogP contribution in [0.15, 0.2) is 152 Å². The van der Waals surface area contributed by atoms with Gasteiger partial charge in [0.05, 0.1) is 11.0 Å². The fourth-order valence-electron chi connectivity index (χ4n) is 6.41. The van der Waals surface area contributed by atoms with Gasteiger partial charge in [0, 0.05) is 76.2 Å². The highest BCUT2D eigenvalue weighted by Crippen LogP contribution is 2.26. The van der Waals surface area contributed by atoms with Crippen molar-refractivity contribution in [2.45, 2.75) is 33.1 Å². The van der Waals surface area contributed by atoms with Gasteiger partial charge < -0.3 is 14.2 Å². The molecule has 0 saturated carbocycles. The topological polar surface area (TPSA) is 111 Å². The van der Waals surface area contributed by atoms with Gasteiger partial charge in [-0.3, -0.25) is 24.0 Å². The lowest BCUT2D eigenvalue weighted by Gasteiger charge is -2.20. The molecule has 10 nitrogen and oxygen atoms in total. The fraction of sp³-hybridized carbons (Fsp3) is 0.182. The third-order valence-electron chi connectivity index (χ3n) is 9.44. The molecule has 54 heavy (non-hydrogen) atoms. The van der Waals surface area contributed by atoms with Crippen LogP contribution < -0.4 is 16.8 Å². The Morgan fingerprint density at radius 2 is 1.04 bits per heavy atom. The Morgan fingerprint density at radius 3 is 1.59 bits per heavy atom. The zero-order valence-electron chi connectivity index (χ0n) is 30.6. The molecule has 0 aliphatic rings. The average molecular weight is 719 g/mol. The summed E-state index contributed by atoms with van der Waals surface area (Å²) >= 11 is 0. The summed E-state index contributed by atoms with van der Waals surface area (Å²) in [6, 6.07) is 36.6. The standard InChI is InChI=1S/C23H23N3O2.C21H19N3O2/c1-3-26(15-17-7-5-4-6-8-17)16-18-11-20(14-24-13-18)19-9-10-22-21(12-19)25(2)23(27)28-22;1-24-19-10-17(7-8-20(19)26-21(24)25)18-9-16(13-23-14-18)12-22-11-15-5-3-2-4-6-15/h4-14H,3,15-16H2,1-2H3;2-10,13-14,22H,11-12H2,1H3. The van der Waals surface area contributed by atoms with Crippen molar-refractivity contribution in [3.05, 3.63) is 177 Å². The summed E-state index contributed by atoms with van der Waals surface area (Å²) in [6.07, 6.45) is 7.48. The first-order chi connectivity index (χ1) is 26.3. The minimum Gasteiger partial charge on any atom is -0.408 e. The lowest BCUT2D eigenvalue weighted by Crippen LogP contribution is -2.22. The van der Waals surface area contributed by atoms with Crippen molar-refractivity contribution in [2.24, 2.45) is 14.1 Å². The van der Waals surface area contributed by atoms with Crippen molar-refractivity contribution < 1.29 is 8.83 Å². The van der Waals surface area contributed by atoms with E-state index in [0.29, 0.717) is 11.2 Å². The lowest BCUT2D eigenvalue weighted by molar-refractivity contribution is 0.271. The molecule has 8 rings (SSSR count). The highest BCUT2D eigenvalue weighted by Gasteiger charge is 2.11. The van der Waals surface area contributed by atoms with E-state index in [9.17, 15) is 9.59 Å². The molecule has 0 fully saturated rings. The van der Waals surface area contributed by atoms with Crippen LogP contribution in [0.4, 0.5) is 0 Å². The van der Waals surface area contributed by atoms with Crippen LogP contribution in [0.2, 0.25) is 0 Å². The molecule has 0 unspecified atom stereocenters. The number of benzene rings is 4. The van der Waals surface area contributed by atoms with Gasteiger partial charge in [-0.05, 0) is 76.3 Å². The van der Waals surface area contributed by atoms with Crippen molar-refractivity contribution in [1.29, 1.82) is 0 Å². The van der Waals surface area contributed by atoms with E-state index < -0.39 is 0 Å². The summed E-state index contributed by atoms with van der Waals surface area (Å²) in [4.78, 5) is 34.6. The second-order valence-corrected chi connectivity index (χ2v) is 13.3. The van der Waals surface area contributed by atoms with Gasteiger partial charge in [0.2, 0.25) is 0 Å². The van der Waals surface area contributed by atoms with Gasteiger partial charge in [0.25, 0.3) is 0 Å². The van der Waals surface area contributed by atoms with Crippen LogP contribution in [0.5, 0.6) is 0 Å². The summed E-state index contributed by atoms with van der Waals surface area (Å²) in [5.74, 6) is -0.701. The maximum absolute atomic E-state index is 11.7. The first-order valence-corrected chi connectivity index (χ1v) is 17.9. The number of nitrogens with one attached hydrogen (secondary N) is 1. The fourth-order valence-corrected chi connectivity index (χ4v) is 6.41. The molecule has 272 valence electrons. The normalized spacial score (nSPS) is 11.3. The van der Waals surface area contributed by atoms with Gasteiger partial charge >= 0.3 is 11.5 Å². The number of hydrogen-bond acceptors (Lipinski definition) is 8. The van der Waals surface area contributed by atoms with Crippen LogP contribution in [0.25, 0.3) is 44.5 Å². The molecule has 8 aromatic rings. The molecule has 1 N–H and O–H groups in total.